The average molecular weight is 455 g/mol. The van der Waals surface area contributed by atoms with Gasteiger partial charge in [0.05, 0.1) is 29.0 Å². The first-order chi connectivity index (χ1) is 15.3. The van der Waals surface area contributed by atoms with Crippen LogP contribution in [0.5, 0.6) is 5.75 Å². The van der Waals surface area contributed by atoms with Crippen LogP contribution in [0.2, 0.25) is 0 Å². The van der Waals surface area contributed by atoms with Crippen molar-refractivity contribution < 1.29 is 24.2 Å². The van der Waals surface area contributed by atoms with E-state index in [2.05, 4.69) is 0 Å². The summed E-state index contributed by atoms with van der Waals surface area (Å²) in [7, 11) is 0. The van der Waals surface area contributed by atoms with Crippen molar-refractivity contribution in [1.82, 2.24) is 9.55 Å². The lowest BCUT2D eigenvalue weighted by Gasteiger charge is -2.31. The standard InChI is InChI=1S/C23H19ClN2O6/c1-3-12-13-7-11(32-22(24)29)5-6-17(13)25-19-14(12)9-26-18(19)8-16-15(20(26)27)10-31-21(28)23(16,30)4-2/h5-8,30H,3-4,9-10H2,1-2H3. The largest absolute Gasteiger partial charge is 0.458 e. The molecule has 9 heteroatoms. The zero-order chi connectivity index (χ0) is 22.8. The topological polar surface area (TPSA) is 108 Å². The molecule has 1 atom stereocenters. The fraction of sp³-hybridized carbons (Fsp3) is 0.304. The van der Waals surface area contributed by atoms with Crippen molar-refractivity contribution in [1.29, 1.82) is 0 Å². The Bertz CT molecular complexity index is 1400. The average Bonchev–Trinajstić information content (AvgIpc) is 3.13. The van der Waals surface area contributed by atoms with Crippen LogP contribution in [0, 0.1) is 0 Å². The SMILES string of the molecule is CCc1c2c(nc3ccc(OC(=O)Cl)cc13)-c1cc3c(c(=O)n1C2)COC(=O)C3(O)CC. The maximum absolute atomic E-state index is 13.3. The number of hydrogen-bond donors (Lipinski definition) is 1. The summed E-state index contributed by atoms with van der Waals surface area (Å²) in [6, 6.07) is 6.72. The third-order valence-electron chi connectivity index (χ3n) is 6.33. The maximum Gasteiger partial charge on any atom is 0.409 e. The Kier molecular flexibility index (Phi) is 4.61. The molecule has 32 heavy (non-hydrogen) atoms. The molecule has 0 fully saturated rings. The van der Waals surface area contributed by atoms with Gasteiger partial charge in [-0.2, -0.15) is 0 Å². The summed E-state index contributed by atoms with van der Waals surface area (Å²) in [6.07, 6.45) is 0.741. The van der Waals surface area contributed by atoms with Crippen LogP contribution in [0.4, 0.5) is 4.79 Å². The third-order valence-corrected chi connectivity index (χ3v) is 6.41. The molecule has 164 valence electrons. The van der Waals surface area contributed by atoms with Crippen molar-refractivity contribution in [3.8, 4) is 17.1 Å². The van der Waals surface area contributed by atoms with E-state index in [1.807, 2.05) is 6.92 Å². The van der Waals surface area contributed by atoms with Gasteiger partial charge in [0.1, 0.15) is 12.4 Å². The van der Waals surface area contributed by atoms with Gasteiger partial charge in [-0.1, -0.05) is 13.8 Å². The Balaban J connectivity index is 1.76. The van der Waals surface area contributed by atoms with Crippen molar-refractivity contribution >= 4 is 33.9 Å². The summed E-state index contributed by atoms with van der Waals surface area (Å²) in [5.74, 6) is -0.446. The number of rotatable bonds is 3. The number of carbonyl (C=O) groups excluding carboxylic acids is 2. The highest BCUT2D eigenvalue weighted by atomic mass is 35.5. The van der Waals surface area contributed by atoms with Crippen LogP contribution in [0.25, 0.3) is 22.3 Å². The molecule has 5 rings (SSSR count). The van der Waals surface area contributed by atoms with Gasteiger partial charge in [-0.3, -0.25) is 4.79 Å². The monoisotopic (exact) mass is 454 g/mol. The van der Waals surface area contributed by atoms with Crippen molar-refractivity contribution in [2.24, 2.45) is 0 Å². The molecule has 0 bridgehead atoms. The Morgan fingerprint density at radius 2 is 2.06 bits per heavy atom. The number of cyclic esters (lactones) is 1. The molecule has 1 N–H and O–H groups in total. The molecule has 2 aliphatic heterocycles. The second kappa shape index (κ2) is 7.15. The first-order valence-electron chi connectivity index (χ1n) is 10.3. The number of ether oxygens (including phenoxy) is 2. The van der Waals surface area contributed by atoms with Crippen LogP contribution in [0.15, 0.2) is 29.1 Å². The van der Waals surface area contributed by atoms with E-state index in [9.17, 15) is 19.5 Å². The first-order valence-corrected chi connectivity index (χ1v) is 10.7. The number of aliphatic hydroxyl groups is 1. The molecule has 4 heterocycles. The summed E-state index contributed by atoms with van der Waals surface area (Å²) in [5.41, 5.74) is 1.16. The molecule has 0 amide bonds. The van der Waals surface area contributed by atoms with E-state index in [1.165, 1.54) is 0 Å². The van der Waals surface area contributed by atoms with Gasteiger partial charge in [0.25, 0.3) is 5.56 Å². The summed E-state index contributed by atoms with van der Waals surface area (Å²) in [6.45, 7) is 3.80. The molecule has 1 unspecified atom stereocenters. The van der Waals surface area contributed by atoms with E-state index in [-0.39, 0.29) is 29.7 Å². The van der Waals surface area contributed by atoms with Crippen LogP contribution >= 0.6 is 11.6 Å². The minimum atomic E-state index is -1.87. The molecule has 1 aromatic carbocycles. The molecule has 0 saturated carbocycles. The molecule has 0 spiro atoms. The minimum absolute atomic E-state index is 0.0853. The summed E-state index contributed by atoms with van der Waals surface area (Å²) in [4.78, 5) is 41.5. The number of hydrogen-bond acceptors (Lipinski definition) is 7. The predicted octanol–water partition coefficient (Wildman–Crippen LogP) is 3.38. The second-order valence-corrected chi connectivity index (χ2v) is 8.20. The van der Waals surface area contributed by atoms with E-state index in [1.54, 1.807) is 35.8 Å². The fourth-order valence-corrected chi connectivity index (χ4v) is 4.79. The number of aryl methyl sites for hydroxylation is 1. The maximum atomic E-state index is 13.3. The molecule has 0 saturated heterocycles. The Morgan fingerprint density at radius 3 is 2.75 bits per heavy atom. The molecule has 3 aromatic rings. The van der Waals surface area contributed by atoms with E-state index in [0.717, 1.165) is 16.5 Å². The lowest BCUT2D eigenvalue weighted by molar-refractivity contribution is -0.172. The highest BCUT2D eigenvalue weighted by molar-refractivity contribution is 6.61. The van der Waals surface area contributed by atoms with Gasteiger partial charge in [0.15, 0.2) is 5.60 Å². The first kappa shape index (κ1) is 20.7. The van der Waals surface area contributed by atoms with Gasteiger partial charge in [-0.15, -0.1) is 0 Å². The second-order valence-electron chi connectivity index (χ2n) is 7.89. The molecular formula is C23H19ClN2O6. The van der Waals surface area contributed by atoms with Crippen molar-refractivity contribution in [3.05, 3.63) is 56.9 Å². The molecule has 2 aliphatic rings. The molecular weight excluding hydrogens is 436 g/mol. The summed E-state index contributed by atoms with van der Waals surface area (Å²) in [5, 5.41) is 11.8. The van der Waals surface area contributed by atoms with Crippen LogP contribution in [0.3, 0.4) is 0 Å². The highest BCUT2D eigenvalue weighted by Crippen LogP contribution is 2.40. The number of fused-ring (bicyclic) bond motifs is 5. The van der Waals surface area contributed by atoms with E-state index < -0.39 is 17.0 Å². The van der Waals surface area contributed by atoms with Crippen molar-refractivity contribution in [2.75, 3.05) is 0 Å². The van der Waals surface area contributed by atoms with E-state index in [4.69, 9.17) is 26.1 Å². The predicted molar refractivity (Wildman–Crippen MR) is 116 cm³/mol. The lowest BCUT2D eigenvalue weighted by atomic mass is 9.86. The van der Waals surface area contributed by atoms with Gasteiger partial charge < -0.3 is 19.1 Å². The van der Waals surface area contributed by atoms with E-state index >= 15 is 0 Å². The molecule has 0 radical (unpaired) electrons. The Hall–Kier alpha value is -3.23. The van der Waals surface area contributed by atoms with Gasteiger partial charge in [0, 0.05) is 28.1 Å². The van der Waals surface area contributed by atoms with Gasteiger partial charge >= 0.3 is 11.4 Å². The quantitative estimate of drug-likeness (QED) is 0.373. The number of nitrogens with zero attached hydrogens (tertiary/aromatic N) is 2. The van der Waals surface area contributed by atoms with Crippen molar-refractivity contribution in [3.63, 3.8) is 0 Å². The Morgan fingerprint density at radius 1 is 1.28 bits per heavy atom. The third kappa shape index (κ3) is 2.79. The zero-order valence-corrected chi connectivity index (χ0v) is 18.2. The van der Waals surface area contributed by atoms with E-state index in [0.29, 0.717) is 35.6 Å². The normalized spacial score (nSPS) is 18.7. The minimum Gasteiger partial charge on any atom is -0.458 e. The lowest BCUT2D eigenvalue weighted by Crippen LogP contribution is -2.44. The number of carbonyl (C=O) groups is 2. The molecule has 0 aliphatic carbocycles. The number of esters is 1. The summed E-state index contributed by atoms with van der Waals surface area (Å²) >= 11 is 5.35. The van der Waals surface area contributed by atoms with Crippen LogP contribution in [-0.4, -0.2) is 26.1 Å². The Labute approximate surface area is 187 Å². The van der Waals surface area contributed by atoms with Gasteiger partial charge in [-0.25, -0.2) is 14.6 Å². The van der Waals surface area contributed by atoms with Gasteiger partial charge in [0.2, 0.25) is 0 Å². The molecule has 2 aromatic heterocycles. The smallest absolute Gasteiger partial charge is 0.409 e. The number of halogens is 1. The highest BCUT2D eigenvalue weighted by Gasteiger charge is 2.45. The van der Waals surface area contributed by atoms with Crippen molar-refractivity contribution in [2.45, 2.75) is 45.4 Å². The van der Waals surface area contributed by atoms with Gasteiger partial charge in [-0.05, 0) is 42.7 Å². The fourth-order valence-electron chi connectivity index (χ4n) is 4.70. The zero-order valence-electron chi connectivity index (χ0n) is 17.4. The number of benzene rings is 1. The van der Waals surface area contributed by atoms with Crippen LogP contribution in [0.1, 0.15) is 42.5 Å². The number of aromatic nitrogens is 2. The molecule has 8 nitrogen and oxygen atoms in total. The summed E-state index contributed by atoms with van der Waals surface area (Å²) < 4.78 is 11.7. The number of pyridine rings is 2. The van der Waals surface area contributed by atoms with Crippen LogP contribution in [-0.2, 0) is 34.7 Å². The van der Waals surface area contributed by atoms with Crippen LogP contribution < -0.4 is 10.3 Å².